The van der Waals surface area contributed by atoms with Crippen molar-refractivity contribution in [2.45, 2.75) is 18.1 Å². The van der Waals surface area contributed by atoms with Crippen LogP contribution in [0, 0.1) is 0 Å². The summed E-state index contributed by atoms with van der Waals surface area (Å²) in [7, 11) is 1.67. The highest BCUT2D eigenvalue weighted by Crippen LogP contribution is 2.20. The lowest BCUT2D eigenvalue weighted by Crippen LogP contribution is -2.38. The smallest absolute Gasteiger partial charge is 0.387 e. The number of aliphatic imine (C=N–C) groups is 1. The van der Waals surface area contributed by atoms with Crippen molar-refractivity contribution in [2.24, 2.45) is 4.99 Å². The first kappa shape index (κ1) is 19.1. The van der Waals surface area contributed by atoms with Crippen LogP contribution < -0.4 is 15.4 Å². The Bertz CT molecular complexity index is 668. The molecule has 2 N–H and O–H groups in total. The van der Waals surface area contributed by atoms with Gasteiger partial charge < -0.3 is 15.4 Å². The largest absolute Gasteiger partial charge is 0.434 e. The molecule has 0 atom stereocenters. The van der Waals surface area contributed by atoms with Crippen LogP contribution in [0.5, 0.6) is 5.75 Å². The first-order valence-electron chi connectivity index (χ1n) is 7.84. The summed E-state index contributed by atoms with van der Waals surface area (Å²) in [6.07, 6.45) is 0. The number of halogens is 2. The number of para-hydroxylation sites is 1. The van der Waals surface area contributed by atoms with Crippen molar-refractivity contribution in [3.05, 3.63) is 60.2 Å². The van der Waals surface area contributed by atoms with Gasteiger partial charge in [-0.25, -0.2) is 0 Å². The molecule has 2 rings (SSSR count). The number of alkyl halides is 2. The zero-order valence-corrected chi connectivity index (χ0v) is 14.7. The van der Waals surface area contributed by atoms with Crippen molar-refractivity contribution in [1.29, 1.82) is 0 Å². The summed E-state index contributed by atoms with van der Waals surface area (Å²) in [6.45, 7) is -1.77. The predicted molar refractivity (Wildman–Crippen MR) is 98.4 cm³/mol. The van der Waals surface area contributed by atoms with Crippen LogP contribution in [0.1, 0.15) is 5.56 Å². The van der Waals surface area contributed by atoms with Gasteiger partial charge in [-0.1, -0.05) is 36.4 Å². The minimum absolute atomic E-state index is 0.167. The molecule has 0 unspecified atom stereocenters. The van der Waals surface area contributed by atoms with E-state index >= 15 is 0 Å². The molecule has 0 heterocycles. The van der Waals surface area contributed by atoms with Crippen LogP contribution in [-0.4, -0.2) is 31.9 Å². The van der Waals surface area contributed by atoms with Gasteiger partial charge in [0.2, 0.25) is 0 Å². The second-order valence-corrected chi connectivity index (χ2v) is 6.17. The summed E-state index contributed by atoms with van der Waals surface area (Å²) in [6, 6.07) is 16.8. The molecule has 134 valence electrons. The van der Waals surface area contributed by atoms with E-state index in [1.165, 1.54) is 11.0 Å². The van der Waals surface area contributed by atoms with E-state index in [-0.39, 0.29) is 5.75 Å². The van der Waals surface area contributed by atoms with Crippen molar-refractivity contribution >= 4 is 17.7 Å². The zero-order valence-electron chi connectivity index (χ0n) is 13.9. The van der Waals surface area contributed by atoms with Crippen LogP contribution in [0.4, 0.5) is 8.78 Å². The Labute approximate surface area is 150 Å². The molecule has 0 saturated carbocycles. The van der Waals surface area contributed by atoms with Crippen molar-refractivity contribution in [3.8, 4) is 5.75 Å². The maximum Gasteiger partial charge on any atom is 0.387 e. The lowest BCUT2D eigenvalue weighted by atomic mass is 10.2. The first-order valence-corrected chi connectivity index (χ1v) is 8.82. The molecule has 0 bridgehead atoms. The molecule has 7 heteroatoms. The third-order valence-corrected chi connectivity index (χ3v) is 4.28. The third kappa shape index (κ3) is 7.01. The molecule has 4 nitrogen and oxygen atoms in total. The monoisotopic (exact) mass is 365 g/mol. The number of guanidine groups is 1. The topological polar surface area (TPSA) is 45.7 Å². The van der Waals surface area contributed by atoms with E-state index in [1.54, 1.807) is 37.0 Å². The number of nitrogens with one attached hydrogen (secondary N) is 2. The molecule has 0 fully saturated rings. The van der Waals surface area contributed by atoms with Crippen LogP contribution in [-0.2, 0) is 6.54 Å². The summed E-state index contributed by atoms with van der Waals surface area (Å²) in [5.41, 5.74) is 0.643. The number of ether oxygens (including phenoxy) is 1. The van der Waals surface area contributed by atoms with Crippen molar-refractivity contribution < 1.29 is 13.5 Å². The minimum atomic E-state index is -2.84. The Hall–Kier alpha value is -2.28. The second kappa shape index (κ2) is 10.6. The van der Waals surface area contributed by atoms with Gasteiger partial charge in [0, 0.05) is 36.3 Å². The highest BCUT2D eigenvalue weighted by Gasteiger charge is 2.09. The molecule has 0 aliphatic rings. The summed E-state index contributed by atoms with van der Waals surface area (Å²) in [4.78, 5) is 5.35. The molecule has 0 amide bonds. The Morgan fingerprint density at radius 3 is 2.52 bits per heavy atom. The second-order valence-electron chi connectivity index (χ2n) is 5.00. The molecular formula is C18H21F2N3OS. The number of nitrogens with zero attached hydrogens (tertiary/aromatic N) is 1. The lowest BCUT2D eigenvalue weighted by Gasteiger charge is -2.14. The van der Waals surface area contributed by atoms with Gasteiger partial charge in [0.05, 0.1) is 0 Å². The van der Waals surface area contributed by atoms with Gasteiger partial charge in [-0.05, 0) is 18.2 Å². The first-order chi connectivity index (χ1) is 12.2. The normalized spacial score (nSPS) is 11.4. The molecule has 0 aromatic heterocycles. The van der Waals surface area contributed by atoms with Crippen LogP contribution in [0.3, 0.4) is 0 Å². The SMILES string of the molecule is CN=C(NCCSc1ccccc1)NCc1ccccc1OC(F)F. The highest BCUT2D eigenvalue weighted by molar-refractivity contribution is 7.99. The van der Waals surface area contributed by atoms with Gasteiger partial charge in [0.25, 0.3) is 0 Å². The van der Waals surface area contributed by atoms with E-state index in [1.807, 2.05) is 18.2 Å². The lowest BCUT2D eigenvalue weighted by molar-refractivity contribution is -0.0504. The Morgan fingerprint density at radius 1 is 1.08 bits per heavy atom. The van der Waals surface area contributed by atoms with Gasteiger partial charge in [-0.2, -0.15) is 8.78 Å². The van der Waals surface area contributed by atoms with Crippen LogP contribution in [0.15, 0.2) is 64.5 Å². The fourth-order valence-corrected chi connectivity index (χ4v) is 2.90. The molecule has 0 radical (unpaired) electrons. The van der Waals surface area contributed by atoms with Gasteiger partial charge in [0.1, 0.15) is 5.75 Å². The van der Waals surface area contributed by atoms with Gasteiger partial charge in [-0.3, -0.25) is 4.99 Å². The van der Waals surface area contributed by atoms with E-state index < -0.39 is 6.61 Å². The molecule has 0 saturated heterocycles. The molecule has 25 heavy (non-hydrogen) atoms. The van der Waals surface area contributed by atoms with E-state index in [2.05, 4.69) is 32.5 Å². The summed E-state index contributed by atoms with van der Waals surface area (Å²) in [5, 5.41) is 6.30. The standard InChI is InChI=1S/C18H21F2N3OS/c1-21-18(22-11-12-25-15-8-3-2-4-9-15)23-13-14-7-5-6-10-16(14)24-17(19)20/h2-10,17H,11-13H2,1H3,(H2,21,22,23). The molecule has 2 aromatic rings. The molecule has 0 spiro atoms. The summed E-state index contributed by atoms with van der Waals surface area (Å²) in [5.74, 6) is 1.66. The average molecular weight is 365 g/mol. The van der Waals surface area contributed by atoms with Gasteiger partial charge in [0.15, 0.2) is 5.96 Å². The maximum absolute atomic E-state index is 12.4. The Balaban J connectivity index is 1.77. The predicted octanol–water partition coefficient (Wildman–Crippen LogP) is 3.75. The number of hydrogen-bond donors (Lipinski definition) is 2. The fourth-order valence-electron chi connectivity index (χ4n) is 2.12. The van der Waals surface area contributed by atoms with Gasteiger partial charge in [-0.15, -0.1) is 11.8 Å². The minimum Gasteiger partial charge on any atom is -0.434 e. The number of thioether (sulfide) groups is 1. The number of hydrogen-bond acceptors (Lipinski definition) is 3. The molecule has 0 aliphatic heterocycles. The van der Waals surface area contributed by atoms with E-state index in [0.717, 1.165) is 12.3 Å². The maximum atomic E-state index is 12.4. The molecule has 2 aromatic carbocycles. The van der Waals surface area contributed by atoms with Crippen molar-refractivity contribution in [2.75, 3.05) is 19.3 Å². The zero-order chi connectivity index (χ0) is 17.9. The summed E-state index contributed by atoms with van der Waals surface area (Å²) < 4.78 is 29.4. The van der Waals surface area contributed by atoms with E-state index in [9.17, 15) is 8.78 Å². The van der Waals surface area contributed by atoms with Gasteiger partial charge >= 0.3 is 6.61 Å². The summed E-state index contributed by atoms with van der Waals surface area (Å²) >= 11 is 1.75. The Morgan fingerprint density at radius 2 is 1.80 bits per heavy atom. The van der Waals surface area contributed by atoms with Crippen molar-refractivity contribution in [1.82, 2.24) is 10.6 Å². The average Bonchev–Trinajstić information content (AvgIpc) is 2.62. The number of rotatable bonds is 8. The van der Waals surface area contributed by atoms with Crippen LogP contribution in [0.25, 0.3) is 0 Å². The van der Waals surface area contributed by atoms with E-state index in [0.29, 0.717) is 18.1 Å². The van der Waals surface area contributed by atoms with Crippen LogP contribution in [0.2, 0.25) is 0 Å². The fraction of sp³-hybridized carbons (Fsp3) is 0.278. The molecular weight excluding hydrogens is 344 g/mol. The van der Waals surface area contributed by atoms with Crippen molar-refractivity contribution in [3.63, 3.8) is 0 Å². The highest BCUT2D eigenvalue weighted by atomic mass is 32.2. The Kier molecular flexibility index (Phi) is 8.04. The number of benzene rings is 2. The molecule has 0 aliphatic carbocycles. The third-order valence-electron chi connectivity index (χ3n) is 3.26. The van der Waals surface area contributed by atoms with E-state index in [4.69, 9.17) is 0 Å². The van der Waals surface area contributed by atoms with Crippen LogP contribution >= 0.6 is 11.8 Å². The quantitative estimate of drug-likeness (QED) is 0.324.